The van der Waals surface area contributed by atoms with E-state index in [1.165, 1.54) is 5.56 Å². The van der Waals surface area contributed by atoms with Gasteiger partial charge in [0.25, 0.3) is 0 Å². The van der Waals surface area contributed by atoms with Crippen LogP contribution in [0.15, 0.2) is 48.5 Å². The quantitative estimate of drug-likeness (QED) is 0.679. The molecule has 0 N–H and O–H groups in total. The molecule has 0 saturated carbocycles. The van der Waals surface area contributed by atoms with Crippen molar-refractivity contribution in [3.63, 3.8) is 0 Å². The number of hydrogen-bond donors (Lipinski definition) is 0. The number of ether oxygens (including phenoxy) is 1. The van der Waals surface area contributed by atoms with Crippen LogP contribution in [0.3, 0.4) is 0 Å². The van der Waals surface area contributed by atoms with Gasteiger partial charge >= 0.3 is 0 Å². The van der Waals surface area contributed by atoms with E-state index >= 15 is 0 Å². The summed E-state index contributed by atoms with van der Waals surface area (Å²) < 4.78 is 7.40. The zero-order valence-corrected chi connectivity index (χ0v) is 13.1. The van der Waals surface area contributed by atoms with Crippen LogP contribution in [0.4, 0.5) is 0 Å². The minimum absolute atomic E-state index is 0.220. The lowest BCUT2D eigenvalue weighted by atomic mass is 10.1. The summed E-state index contributed by atoms with van der Waals surface area (Å²) in [4.78, 5) is 11.2. The van der Waals surface area contributed by atoms with Gasteiger partial charge in [-0.05, 0) is 49.2 Å². The average molecular weight is 307 g/mol. The molecule has 23 heavy (non-hydrogen) atoms. The van der Waals surface area contributed by atoms with E-state index in [0.717, 1.165) is 17.0 Å². The highest BCUT2D eigenvalue weighted by atomic mass is 16.5. The van der Waals surface area contributed by atoms with Gasteiger partial charge in [-0.3, -0.25) is 4.79 Å². The van der Waals surface area contributed by atoms with E-state index < -0.39 is 0 Å². The normalized spacial score (nSPS) is 10.5. The van der Waals surface area contributed by atoms with Gasteiger partial charge in [0.1, 0.15) is 18.1 Å². The largest absolute Gasteiger partial charge is 0.487 e. The van der Waals surface area contributed by atoms with Crippen LogP contribution >= 0.6 is 0 Å². The molecule has 0 spiro atoms. The number of nitrogens with zero attached hydrogens (tertiary/aromatic N) is 3. The number of benzene rings is 2. The summed E-state index contributed by atoms with van der Waals surface area (Å²) in [5.41, 5.74) is 4.14. The molecule has 1 aromatic heterocycles. The first-order valence-corrected chi connectivity index (χ1v) is 7.34. The lowest BCUT2D eigenvalue weighted by Gasteiger charge is -2.10. The molecule has 0 unspecified atom stereocenters. The van der Waals surface area contributed by atoms with Crippen LogP contribution in [0.5, 0.6) is 5.75 Å². The van der Waals surface area contributed by atoms with Crippen LogP contribution < -0.4 is 4.74 Å². The second-order valence-electron chi connectivity index (χ2n) is 5.32. The second-order valence-corrected chi connectivity index (χ2v) is 5.32. The summed E-state index contributed by atoms with van der Waals surface area (Å²) in [6.45, 7) is 4.31. The number of hydrogen-bond acceptors (Lipinski definition) is 4. The van der Waals surface area contributed by atoms with E-state index in [0.29, 0.717) is 17.7 Å². The third-order valence-corrected chi connectivity index (χ3v) is 3.76. The van der Waals surface area contributed by atoms with Crippen molar-refractivity contribution in [3.05, 3.63) is 71.0 Å². The maximum atomic E-state index is 11.2. The Labute approximate surface area is 134 Å². The number of rotatable bonds is 5. The van der Waals surface area contributed by atoms with Crippen molar-refractivity contribution in [3.8, 4) is 11.4 Å². The van der Waals surface area contributed by atoms with Crippen molar-refractivity contribution in [1.29, 1.82) is 0 Å². The van der Waals surface area contributed by atoms with E-state index in [1.54, 1.807) is 4.68 Å². The predicted octanol–water partition coefficient (Wildman–Crippen LogP) is 3.28. The lowest BCUT2D eigenvalue weighted by Crippen LogP contribution is -2.08. The van der Waals surface area contributed by atoms with E-state index in [1.807, 2.05) is 55.5 Å². The lowest BCUT2D eigenvalue weighted by molar-refractivity contribution is 0.111. The molecule has 0 fully saturated rings. The number of carbonyl (C=O) groups is 1. The first-order chi connectivity index (χ1) is 11.2. The number of aromatic nitrogens is 3. The molecule has 5 heteroatoms. The Morgan fingerprint density at radius 3 is 2.57 bits per heavy atom. The first-order valence-electron chi connectivity index (χ1n) is 7.34. The summed E-state index contributed by atoms with van der Waals surface area (Å²) in [5, 5.41) is 8.04. The van der Waals surface area contributed by atoms with Gasteiger partial charge in [0.2, 0.25) is 0 Å². The number of aryl methyl sites for hydroxylation is 2. The predicted molar refractivity (Wildman–Crippen MR) is 87.0 cm³/mol. The Morgan fingerprint density at radius 1 is 1.09 bits per heavy atom. The summed E-state index contributed by atoms with van der Waals surface area (Å²) >= 11 is 0. The molecule has 2 aromatic carbocycles. The van der Waals surface area contributed by atoms with Crippen molar-refractivity contribution in [2.24, 2.45) is 0 Å². The topological polar surface area (TPSA) is 57.0 Å². The summed E-state index contributed by atoms with van der Waals surface area (Å²) in [5.74, 6) is 0.734. The molecule has 0 atom stereocenters. The van der Waals surface area contributed by atoms with Crippen molar-refractivity contribution < 1.29 is 9.53 Å². The van der Waals surface area contributed by atoms with E-state index in [9.17, 15) is 4.79 Å². The highest BCUT2D eigenvalue weighted by Gasteiger charge is 2.15. The fraction of sp³-hybridized carbons (Fsp3) is 0.167. The molecule has 3 aromatic rings. The van der Waals surface area contributed by atoms with Crippen LogP contribution in [0.25, 0.3) is 5.69 Å². The van der Waals surface area contributed by atoms with Crippen LogP contribution in [-0.4, -0.2) is 21.3 Å². The number of para-hydroxylation sites is 1. The summed E-state index contributed by atoms with van der Waals surface area (Å²) in [6.07, 6.45) is 0.703. The average Bonchev–Trinajstić information content (AvgIpc) is 2.99. The zero-order valence-electron chi connectivity index (χ0n) is 13.1. The molecule has 3 rings (SSSR count). The minimum Gasteiger partial charge on any atom is -0.487 e. The molecule has 0 amide bonds. The first kappa shape index (κ1) is 15.0. The standard InChI is InChI=1S/C18H17N3O2/c1-13-8-9-15(10-14(13)2)21-18(17(11-22)19-20-21)12-23-16-6-4-3-5-7-16/h3-11H,12H2,1-2H3. The molecule has 5 nitrogen and oxygen atoms in total. The van der Waals surface area contributed by atoms with Gasteiger partial charge in [-0.25, -0.2) is 4.68 Å². The fourth-order valence-corrected chi connectivity index (χ4v) is 2.27. The molecule has 0 aliphatic carbocycles. The van der Waals surface area contributed by atoms with Gasteiger partial charge in [0, 0.05) is 0 Å². The van der Waals surface area contributed by atoms with Gasteiger partial charge in [0.15, 0.2) is 12.0 Å². The SMILES string of the molecule is Cc1ccc(-n2nnc(C=O)c2COc2ccccc2)cc1C. The Morgan fingerprint density at radius 2 is 1.87 bits per heavy atom. The molecule has 0 aliphatic heterocycles. The highest BCUT2D eigenvalue weighted by Crippen LogP contribution is 2.18. The zero-order chi connectivity index (χ0) is 16.2. The molecular formula is C18H17N3O2. The van der Waals surface area contributed by atoms with Crippen molar-refractivity contribution in [2.45, 2.75) is 20.5 Å². The summed E-state index contributed by atoms with van der Waals surface area (Å²) in [6, 6.07) is 15.4. The van der Waals surface area contributed by atoms with Crippen LogP contribution in [0.1, 0.15) is 27.3 Å². The Balaban J connectivity index is 1.93. The molecular weight excluding hydrogens is 290 g/mol. The minimum atomic E-state index is 0.220. The van der Waals surface area contributed by atoms with Gasteiger partial charge < -0.3 is 4.74 Å². The molecule has 0 saturated heterocycles. The van der Waals surface area contributed by atoms with Crippen LogP contribution in [-0.2, 0) is 6.61 Å². The van der Waals surface area contributed by atoms with Gasteiger partial charge in [-0.1, -0.05) is 29.5 Å². The van der Waals surface area contributed by atoms with E-state index in [4.69, 9.17) is 4.74 Å². The fourth-order valence-electron chi connectivity index (χ4n) is 2.27. The van der Waals surface area contributed by atoms with Gasteiger partial charge in [0.05, 0.1) is 5.69 Å². The number of aldehydes is 1. The van der Waals surface area contributed by atoms with Crippen LogP contribution in [0, 0.1) is 13.8 Å². The molecule has 1 heterocycles. The van der Waals surface area contributed by atoms with Crippen molar-refractivity contribution in [2.75, 3.05) is 0 Å². The van der Waals surface area contributed by atoms with Crippen molar-refractivity contribution >= 4 is 6.29 Å². The molecule has 0 bridgehead atoms. The molecule has 0 radical (unpaired) electrons. The third-order valence-electron chi connectivity index (χ3n) is 3.76. The van der Waals surface area contributed by atoms with E-state index in [-0.39, 0.29) is 6.61 Å². The molecule has 116 valence electrons. The summed E-state index contributed by atoms with van der Waals surface area (Å²) in [7, 11) is 0. The third kappa shape index (κ3) is 3.13. The maximum Gasteiger partial charge on any atom is 0.172 e. The monoisotopic (exact) mass is 307 g/mol. The highest BCUT2D eigenvalue weighted by molar-refractivity contribution is 5.73. The second kappa shape index (κ2) is 6.44. The number of carbonyl (C=O) groups excluding carboxylic acids is 1. The smallest absolute Gasteiger partial charge is 0.172 e. The Kier molecular flexibility index (Phi) is 4.19. The van der Waals surface area contributed by atoms with Gasteiger partial charge in [-0.2, -0.15) is 0 Å². The van der Waals surface area contributed by atoms with Crippen LogP contribution in [0.2, 0.25) is 0 Å². The van der Waals surface area contributed by atoms with E-state index in [2.05, 4.69) is 17.2 Å². The molecule has 0 aliphatic rings. The maximum absolute atomic E-state index is 11.2. The Bertz CT molecular complexity index is 826. The Hall–Kier alpha value is -2.95. The van der Waals surface area contributed by atoms with Crippen molar-refractivity contribution in [1.82, 2.24) is 15.0 Å². The van der Waals surface area contributed by atoms with Gasteiger partial charge in [-0.15, -0.1) is 5.10 Å².